The highest BCUT2D eigenvalue weighted by atomic mass is 30.4. The molecule has 0 aliphatic rings. The smallest absolute Gasteiger partial charge is 0.354 e. The van der Waals surface area contributed by atoms with Crippen LogP contribution in [0.2, 0.25) is 6.04 Å². The summed E-state index contributed by atoms with van der Waals surface area (Å²) >= 11 is 0. The molecule has 29 heavy (non-hydrogen) atoms. The molecule has 1 rings (SSSR count). The van der Waals surface area contributed by atoms with Crippen LogP contribution in [0.15, 0.2) is 12.1 Å². The van der Waals surface area contributed by atoms with E-state index >= 15 is 0 Å². The number of aryl methyl sites for hydroxylation is 1. The second-order valence-corrected chi connectivity index (χ2v) is 55.5. The Morgan fingerprint density at radius 3 is 1.79 bits per heavy atom. The highest BCUT2D eigenvalue weighted by Gasteiger charge is 2.65. The summed E-state index contributed by atoms with van der Waals surface area (Å²) in [4.78, 5) is 0. The predicted octanol–water partition coefficient (Wildman–Crippen LogP) is -0.913. The van der Waals surface area contributed by atoms with Gasteiger partial charge in [0, 0.05) is 87.9 Å². The van der Waals surface area contributed by atoms with Crippen molar-refractivity contribution in [3.63, 3.8) is 0 Å². The number of hydrogen-bond donors (Lipinski definition) is 0. The Balaban J connectivity index is 3.57. The number of methoxy groups -OCH3 is 3. The molecule has 0 saturated heterocycles. The van der Waals surface area contributed by atoms with Crippen molar-refractivity contribution in [1.82, 2.24) is 0 Å². The van der Waals surface area contributed by atoms with Gasteiger partial charge in [0.25, 0.3) is 0 Å². The molecular formula is C14H24O6Si9. The van der Waals surface area contributed by atoms with Crippen molar-refractivity contribution in [1.29, 1.82) is 0 Å². The van der Waals surface area contributed by atoms with Crippen molar-refractivity contribution in [3.05, 3.63) is 17.7 Å². The Hall–Kier alpha value is 0.452. The van der Waals surface area contributed by atoms with Crippen LogP contribution in [0.25, 0.3) is 0 Å². The molecule has 152 valence electrons. The van der Waals surface area contributed by atoms with Crippen LogP contribution in [0.3, 0.4) is 0 Å². The van der Waals surface area contributed by atoms with E-state index in [0.29, 0.717) is 23.7 Å². The summed E-state index contributed by atoms with van der Waals surface area (Å²) in [5.41, 5.74) is 0.983. The van der Waals surface area contributed by atoms with Gasteiger partial charge in [-0.3, -0.25) is 0 Å². The standard InChI is InChI=1S/C14H24O6Si9/c1-15-12-9-11(14(17-3)13(10-12)16-2)7-8-27(29(23,24)25,26(18-4)19-5)28(21,22)20-6/h9-10H,7-8H2,1-6H3. The first-order valence-electron chi connectivity index (χ1n) is 8.54. The number of benzene rings is 1. The van der Waals surface area contributed by atoms with Gasteiger partial charge >= 0.3 is 8.80 Å². The number of hydrogen-bond acceptors (Lipinski definition) is 6. The van der Waals surface area contributed by atoms with Crippen molar-refractivity contribution in [3.8, 4) is 17.2 Å². The summed E-state index contributed by atoms with van der Waals surface area (Å²) in [6, 6.07) is 4.58. The van der Waals surface area contributed by atoms with Gasteiger partial charge in [0.2, 0.25) is 0 Å². The normalized spacial score (nSPS) is 14.6. The van der Waals surface area contributed by atoms with Crippen LogP contribution in [0.4, 0.5) is 0 Å². The zero-order chi connectivity index (χ0) is 22.5. The largest absolute Gasteiger partial charge is 0.497 e. The molecule has 0 heterocycles. The van der Waals surface area contributed by atoms with Crippen LogP contribution >= 0.6 is 0 Å². The van der Waals surface area contributed by atoms with E-state index in [9.17, 15) is 0 Å². The van der Waals surface area contributed by atoms with E-state index < -0.39 is 28.4 Å². The first kappa shape index (κ1) is 27.5. The van der Waals surface area contributed by atoms with Gasteiger partial charge in [-0.2, -0.15) is 0 Å². The van der Waals surface area contributed by atoms with Crippen molar-refractivity contribution in [2.45, 2.75) is 12.5 Å². The van der Waals surface area contributed by atoms with E-state index in [2.05, 4.69) is 48.8 Å². The molecule has 16 radical (unpaired) electrons. The van der Waals surface area contributed by atoms with Crippen LogP contribution in [0.1, 0.15) is 5.56 Å². The maximum Gasteiger partial charge on any atom is 0.354 e. The quantitative estimate of drug-likeness (QED) is 0.320. The zero-order valence-electron chi connectivity index (χ0n) is 17.5. The highest BCUT2D eigenvalue weighted by molar-refractivity contribution is 8.11. The fraction of sp³-hybridized carbons (Fsp3) is 0.571. The van der Waals surface area contributed by atoms with E-state index in [4.69, 9.17) is 27.5 Å². The van der Waals surface area contributed by atoms with Gasteiger partial charge in [-0.15, -0.1) is 0 Å². The van der Waals surface area contributed by atoms with Gasteiger partial charge in [-0.05, 0) is 12.5 Å². The lowest BCUT2D eigenvalue weighted by Crippen LogP contribution is -2.88. The third-order valence-electron chi connectivity index (χ3n) is 4.80. The van der Waals surface area contributed by atoms with Crippen LogP contribution in [-0.4, -0.2) is 120 Å². The molecule has 15 heteroatoms. The fourth-order valence-corrected chi connectivity index (χ4v) is 97.2. The molecule has 1 unspecified atom stereocenters. The van der Waals surface area contributed by atoms with Crippen LogP contribution in [0, 0.1) is 0 Å². The summed E-state index contributed by atoms with van der Waals surface area (Å²) < 4.78 is 34.4. The molecule has 6 nitrogen and oxygen atoms in total. The van der Waals surface area contributed by atoms with E-state index in [0.717, 1.165) is 11.6 Å². The molecule has 0 saturated carbocycles. The second kappa shape index (κ2) is 11.4. The van der Waals surface area contributed by atoms with E-state index in [-0.39, 0.29) is 0 Å². The molecule has 0 amide bonds. The molecular weight excluding hydrogens is 517 g/mol. The zero-order valence-corrected chi connectivity index (χ0v) is 26.5. The minimum atomic E-state index is -2.56. The molecule has 0 aliphatic heterocycles. The number of ether oxygens (including phenoxy) is 3. The van der Waals surface area contributed by atoms with Crippen molar-refractivity contribution in [2.75, 3.05) is 42.7 Å². The lowest BCUT2D eigenvalue weighted by Gasteiger charge is -2.51. The Labute approximate surface area is 194 Å². The molecule has 0 aromatic heterocycles. The van der Waals surface area contributed by atoms with E-state index in [1.807, 2.05) is 12.1 Å². The predicted molar refractivity (Wildman–Crippen MR) is 127 cm³/mol. The molecule has 0 N–H and O–H groups in total. The maximum absolute atomic E-state index is 6.00. The highest BCUT2D eigenvalue weighted by Crippen LogP contribution is 2.38. The molecule has 1 aromatic rings. The molecule has 1 atom stereocenters. The Kier molecular flexibility index (Phi) is 10.8. The Morgan fingerprint density at radius 2 is 1.41 bits per heavy atom. The first-order chi connectivity index (χ1) is 13.5. The minimum absolute atomic E-state index is 0.628. The third-order valence-corrected chi connectivity index (χ3v) is 83.7. The SMILES string of the molecule is COc1cc(CC[Si]([Si](OC)OC)([Si]([Si])([Si])[Si])[Si]([Si])([Si])OC)c(OC)c(OC)c1. The molecule has 0 aliphatic carbocycles. The number of rotatable bonds is 12. The summed E-state index contributed by atoms with van der Waals surface area (Å²) in [5.74, 6) is 2.03. The van der Waals surface area contributed by atoms with E-state index in [1.54, 1.807) is 42.7 Å². The van der Waals surface area contributed by atoms with Crippen LogP contribution < -0.4 is 14.2 Å². The molecule has 0 fully saturated rings. The molecule has 0 spiro atoms. The van der Waals surface area contributed by atoms with Gasteiger partial charge in [-0.1, -0.05) is 6.04 Å². The van der Waals surface area contributed by atoms with Gasteiger partial charge in [-0.25, -0.2) is 0 Å². The van der Waals surface area contributed by atoms with Crippen LogP contribution in [-0.2, 0) is 19.7 Å². The first-order valence-corrected chi connectivity index (χ1v) is 26.5. The Morgan fingerprint density at radius 1 is 0.828 bits per heavy atom. The van der Waals surface area contributed by atoms with E-state index in [1.165, 1.54) is 0 Å². The summed E-state index contributed by atoms with van der Waals surface area (Å²) in [5, 5.41) is 0. The van der Waals surface area contributed by atoms with Crippen molar-refractivity contribution >= 4 is 77.2 Å². The van der Waals surface area contributed by atoms with Gasteiger partial charge in [0.05, 0.1) is 21.3 Å². The second-order valence-electron chi connectivity index (χ2n) is 6.26. The average molecular weight is 541 g/mol. The van der Waals surface area contributed by atoms with Gasteiger partial charge in [0.15, 0.2) is 11.5 Å². The van der Waals surface area contributed by atoms with Gasteiger partial charge < -0.3 is 27.5 Å². The average Bonchev–Trinajstić information content (AvgIpc) is 2.68. The third kappa shape index (κ3) is 5.63. The van der Waals surface area contributed by atoms with Crippen LogP contribution in [0.5, 0.6) is 17.2 Å². The van der Waals surface area contributed by atoms with Gasteiger partial charge in [0.1, 0.15) is 19.2 Å². The lowest BCUT2D eigenvalue weighted by atomic mass is 10.1. The minimum Gasteiger partial charge on any atom is -0.497 e. The van der Waals surface area contributed by atoms with Crippen molar-refractivity contribution in [2.24, 2.45) is 0 Å². The lowest BCUT2D eigenvalue weighted by molar-refractivity contribution is 0.296. The summed E-state index contributed by atoms with van der Waals surface area (Å²) in [7, 11) is 28.2. The fourth-order valence-electron chi connectivity index (χ4n) is 3.27. The maximum atomic E-state index is 6.00. The van der Waals surface area contributed by atoms with Crippen molar-refractivity contribution < 1.29 is 27.5 Å². The summed E-state index contributed by atoms with van der Waals surface area (Å²) in [6.45, 7) is -5.05. The topological polar surface area (TPSA) is 55.4 Å². The monoisotopic (exact) mass is 540 g/mol. The molecule has 1 aromatic carbocycles. The summed E-state index contributed by atoms with van der Waals surface area (Å²) in [6.07, 6.45) is -1.64. The Bertz CT molecular complexity index is 668. The molecule has 0 bridgehead atoms.